The zero-order chi connectivity index (χ0) is 17.9. The fourth-order valence-corrected chi connectivity index (χ4v) is 5.55. The molecule has 132 valence electrons. The Morgan fingerprint density at radius 2 is 1.72 bits per heavy atom. The van der Waals surface area contributed by atoms with Gasteiger partial charge in [-0.15, -0.1) is 0 Å². The molecule has 2 aromatic carbocycles. The first kappa shape index (κ1) is 18.0. The van der Waals surface area contributed by atoms with E-state index in [1.54, 1.807) is 42.5 Å². The van der Waals surface area contributed by atoms with Gasteiger partial charge in [-0.25, -0.2) is 8.42 Å². The molecule has 0 radical (unpaired) electrons. The van der Waals surface area contributed by atoms with E-state index in [2.05, 4.69) is 0 Å². The summed E-state index contributed by atoms with van der Waals surface area (Å²) < 4.78 is 30.2. The maximum Gasteiger partial charge on any atom is 0.328 e. The molecular formula is C19H19ClO4S. The lowest BCUT2D eigenvalue weighted by atomic mass is 10.1. The molecule has 1 saturated carbocycles. The molecule has 3 rings (SSSR count). The predicted molar refractivity (Wildman–Crippen MR) is 96.1 cm³/mol. The van der Waals surface area contributed by atoms with Crippen LogP contribution in [0, 0.1) is 0 Å². The highest BCUT2D eigenvalue weighted by atomic mass is 35.5. The van der Waals surface area contributed by atoms with Crippen LogP contribution in [0.15, 0.2) is 59.5 Å². The lowest BCUT2D eigenvalue weighted by molar-refractivity contribution is -0.148. The van der Waals surface area contributed by atoms with Crippen molar-refractivity contribution in [1.29, 1.82) is 0 Å². The number of carbonyl (C=O) groups is 1. The van der Waals surface area contributed by atoms with Crippen molar-refractivity contribution in [1.82, 2.24) is 0 Å². The van der Waals surface area contributed by atoms with E-state index >= 15 is 0 Å². The Morgan fingerprint density at radius 1 is 1.04 bits per heavy atom. The van der Waals surface area contributed by atoms with Crippen LogP contribution in [0.1, 0.15) is 31.2 Å². The Kier molecular flexibility index (Phi) is 5.16. The highest BCUT2D eigenvalue weighted by Crippen LogP contribution is 2.41. The van der Waals surface area contributed by atoms with Crippen LogP contribution in [0.5, 0.6) is 0 Å². The minimum atomic E-state index is -3.81. The number of rotatable bonds is 5. The normalized spacial score (nSPS) is 16.5. The second kappa shape index (κ2) is 7.18. The highest BCUT2D eigenvalue weighted by Gasteiger charge is 2.54. The monoisotopic (exact) mass is 378 g/mol. The van der Waals surface area contributed by atoms with Crippen LogP contribution in [0.3, 0.4) is 0 Å². The Balaban J connectivity index is 1.86. The summed E-state index contributed by atoms with van der Waals surface area (Å²) in [5.41, 5.74) is 0.728. The smallest absolute Gasteiger partial charge is 0.328 e. The average Bonchev–Trinajstić information content (AvgIpc) is 3.12. The number of ether oxygens (including phenoxy) is 1. The quantitative estimate of drug-likeness (QED) is 0.732. The molecule has 0 heterocycles. The van der Waals surface area contributed by atoms with Crippen molar-refractivity contribution in [3.63, 3.8) is 0 Å². The molecule has 0 spiro atoms. The van der Waals surface area contributed by atoms with Gasteiger partial charge in [-0.1, -0.05) is 54.8 Å². The zero-order valence-electron chi connectivity index (χ0n) is 13.7. The molecule has 0 N–H and O–H groups in total. The standard InChI is InChI=1S/C19H19ClO4S/c20-16-8-6-7-15(13-16)14-24-18(21)19(11-4-5-12-19)25(22,23)17-9-2-1-3-10-17/h1-3,6-10,13H,4-5,11-12,14H2. The Labute approximate surface area is 152 Å². The zero-order valence-corrected chi connectivity index (χ0v) is 15.2. The molecule has 1 fully saturated rings. The molecule has 6 heteroatoms. The van der Waals surface area contributed by atoms with Gasteiger partial charge in [0.05, 0.1) is 4.90 Å². The van der Waals surface area contributed by atoms with Crippen molar-refractivity contribution in [3.8, 4) is 0 Å². The summed E-state index contributed by atoms with van der Waals surface area (Å²) in [5.74, 6) is -0.672. The van der Waals surface area contributed by atoms with Crippen molar-refractivity contribution in [3.05, 3.63) is 65.2 Å². The van der Waals surface area contributed by atoms with Gasteiger partial charge in [0.1, 0.15) is 6.61 Å². The first-order valence-corrected chi connectivity index (χ1v) is 10.0. The van der Waals surface area contributed by atoms with Gasteiger partial charge < -0.3 is 4.74 Å². The fraction of sp³-hybridized carbons (Fsp3) is 0.316. The van der Waals surface area contributed by atoms with Gasteiger partial charge in [0.15, 0.2) is 14.6 Å². The van der Waals surface area contributed by atoms with E-state index < -0.39 is 20.6 Å². The molecule has 0 aromatic heterocycles. The molecule has 1 aliphatic rings. The van der Waals surface area contributed by atoms with E-state index in [4.69, 9.17) is 16.3 Å². The van der Waals surface area contributed by atoms with Gasteiger partial charge in [-0.05, 0) is 42.7 Å². The summed E-state index contributed by atoms with van der Waals surface area (Å²) in [4.78, 5) is 13.0. The topological polar surface area (TPSA) is 60.4 Å². The molecule has 1 aliphatic carbocycles. The van der Waals surface area contributed by atoms with Gasteiger partial charge in [0.2, 0.25) is 0 Å². The summed E-state index contributed by atoms with van der Waals surface area (Å²) in [6.45, 7) is 0.00541. The maximum absolute atomic E-state index is 13.1. The van der Waals surface area contributed by atoms with Crippen LogP contribution in [-0.4, -0.2) is 19.1 Å². The number of hydrogen-bond donors (Lipinski definition) is 0. The first-order chi connectivity index (χ1) is 12.0. The second-order valence-electron chi connectivity index (χ2n) is 6.22. The second-order valence-corrected chi connectivity index (χ2v) is 8.92. The third-order valence-electron chi connectivity index (χ3n) is 4.61. The van der Waals surface area contributed by atoms with Crippen LogP contribution in [0.4, 0.5) is 0 Å². The first-order valence-electron chi connectivity index (χ1n) is 8.17. The van der Waals surface area contributed by atoms with Crippen LogP contribution in [0.25, 0.3) is 0 Å². The van der Waals surface area contributed by atoms with E-state index in [0.29, 0.717) is 30.7 Å². The van der Waals surface area contributed by atoms with Crippen molar-refractivity contribution >= 4 is 27.4 Å². The van der Waals surface area contributed by atoms with Crippen molar-refractivity contribution in [2.75, 3.05) is 0 Å². The summed E-state index contributed by atoms with van der Waals surface area (Å²) in [5, 5.41) is 0.543. The lowest BCUT2D eigenvalue weighted by Crippen LogP contribution is -2.45. The SMILES string of the molecule is O=C(OCc1cccc(Cl)c1)C1(S(=O)(=O)c2ccccc2)CCCC1. The molecule has 0 bridgehead atoms. The van der Waals surface area contributed by atoms with E-state index in [9.17, 15) is 13.2 Å². The molecule has 0 atom stereocenters. The molecular weight excluding hydrogens is 360 g/mol. The highest BCUT2D eigenvalue weighted by molar-refractivity contribution is 7.93. The minimum absolute atomic E-state index is 0.00541. The van der Waals surface area contributed by atoms with Crippen molar-refractivity contribution in [2.24, 2.45) is 0 Å². The maximum atomic E-state index is 13.1. The van der Waals surface area contributed by atoms with Crippen LogP contribution in [0.2, 0.25) is 5.02 Å². The molecule has 0 amide bonds. The van der Waals surface area contributed by atoms with Gasteiger partial charge in [0.25, 0.3) is 0 Å². The minimum Gasteiger partial charge on any atom is -0.460 e. The largest absolute Gasteiger partial charge is 0.460 e. The summed E-state index contributed by atoms with van der Waals surface area (Å²) >= 11 is 5.93. The van der Waals surface area contributed by atoms with Crippen LogP contribution < -0.4 is 0 Å². The summed E-state index contributed by atoms with van der Waals surface area (Å²) in [6.07, 6.45) is 1.97. The van der Waals surface area contributed by atoms with Gasteiger partial charge >= 0.3 is 5.97 Å². The van der Waals surface area contributed by atoms with Crippen LogP contribution >= 0.6 is 11.6 Å². The van der Waals surface area contributed by atoms with E-state index in [1.165, 1.54) is 12.1 Å². The van der Waals surface area contributed by atoms with Gasteiger partial charge in [-0.2, -0.15) is 0 Å². The summed E-state index contributed by atoms with van der Waals surface area (Å²) in [7, 11) is -3.81. The molecule has 0 unspecified atom stereocenters. The third-order valence-corrected chi connectivity index (χ3v) is 7.34. The van der Waals surface area contributed by atoms with Crippen molar-refractivity contribution in [2.45, 2.75) is 41.9 Å². The number of benzene rings is 2. The number of sulfone groups is 1. The van der Waals surface area contributed by atoms with Crippen LogP contribution in [-0.2, 0) is 26.0 Å². The number of hydrogen-bond acceptors (Lipinski definition) is 4. The lowest BCUT2D eigenvalue weighted by Gasteiger charge is -2.26. The Hall–Kier alpha value is -1.85. The average molecular weight is 379 g/mol. The van der Waals surface area contributed by atoms with E-state index in [1.807, 2.05) is 0 Å². The Bertz CT molecular complexity index is 856. The third kappa shape index (κ3) is 3.44. The Morgan fingerprint density at radius 3 is 2.36 bits per heavy atom. The number of esters is 1. The molecule has 0 aliphatic heterocycles. The van der Waals surface area contributed by atoms with E-state index in [0.717, 1.165) is 5.56 Å². The summed E-state index contributed by atoms with van der Waals surface area (Å²) in [6, 6.07) is 15.1. The molecule has 2 aromatic rings. The fourth-order valence-electron chi connectivity index (χ4n) is 3.26. The molecule has 25 heavy (non-hydrogen) atoms. The number of halogens is 1. The van der Waals surface area contributed by atoms with Gasteiger partial charge in [0, 0.05) is 5.02 Å². The molecule has 4 nitrogen and oxygen atoms in total. The number of carbonyl (C=O) groups excluding carboxylic acids is 1. The van der Waals surface area contributed by atoms with Crippen molar-refractivity contribution < 1.29 is 17.9 Å². The molecule has 0 saturated heterocycles. The van der Waals surface area contributed by atoms with E-state index in [-0.39, 0.29) is 11.5 Å². The van der Waals surface area contributed by atoms with Gasteiger partial charge in [-0.3, -0.25) is 4.79 Å². The predicted octanol–water partition coefficient (Wildman–Crippen LogP) is 4.17.